The van der Waals surface area contributed by atoms with Gasteiger partial charge in [-0.3, -0.25) is 9.59 Å². The van der Waals surface area contributed by atoms with Crippen LogP contribution in [0.4, 0.5) is 20.2 Å². The van der Waals surface area contributed by atoms with Crippen LogP contribution >= 0.6 is 11.8 Å². The Morgan fingerprint density at radius 2 is 1.70 bits per heavy atom. The van der Waals surface area contributed by atoms with Crippen LogP contribution in [-0.4, -0.2) is 30.1 Å². The first kappa shape index (κ1) is 20.4. The second kappa shape index (κ2) is 9.67. The highest BCUT2D eigenvalue weighted by atomic mass is 32.2. The van der Waals surface area contributed by atoms with Crippen molar-refractivity contribution in [3.8, 4) is 0 Å². The van der Waals surface area contributed by atoms with Gasteiger partial charge in [0.15, 0.2) is 6.61 Å². The van der Waals surface area contributed by atoms with E-state index in [0.717, 1.165) is 0 Å². The molecule has 0 aliphatic carbocycles. The van der Waals surface area contributed by atoms with Crippen molar-refractivity contribution in [1.82, 2.24) is 0 Å². The predicted molar refractivity (Wildman–Crippen MR) is 98.0 cm³/mol. The molecular formula is C18H16F2N2O4S. The minimum absolute atomic E-state index is 0.200. The summed E-state index contributed by atoms with van der Waals surface area (Å²) in [6.45, 7) is 0.790. The van der Waals surface area contributed by atoms with E-state index in [0.29, 0.717) is 17.4 Å². The Morgan fingerprint density at radius 1 is 1.04 bits per heavy atom. The van der Waals surface area contributed by atoms with Gasteiger partial charge in [0.1, 0.15) is 0 Å². The Labute approximate surface area is 158 Å². The van der Waals surface area contributed by atoms with Crippen molar-refractivity contribution in [2.24, 2.45) is 0 Å². The van der Waals surface area contributed by atoms with Crippen molar-refractivity contribution in [2.45, 2.75) is 17.6 Å². The largest absolute Gasteiger partial charge is 0.452 e. The molecule has 0 aliphatic heterocycles. The third-order valence-corrected chi connectivity index (χ3v) is 3.94. The lowest BCUT2D eigenvalue weighted by atomic mass is 10.2. The molecule has 142 valence electrons. The summed E-state index contributed by atoms with van der Waals surface area (Å²) in [5, 5.41) is 4.99. The van der Waals surface area contributed by atoms with Crippen LogP contribution in [-0.2, 0) is 14.3 Å². The van der Waals surface area contributed by atoms with Crippen LogP contribution < -0.4 is 10.6 Å². The van der Waals surface area contributed by atoms with Crippen molar-refractivity contribution < 1.29 is 27.9 Å². The molecule has 9 heteroatoms. The van der Waals surface area contributed by atoms with Gasteiger partial charge in [0.25, 0.3) is 11.7 Å². The van der Waals surface area contributed by atoms with E-state index >= 15 is 0 Å². The Bertz CT molecular complexity index is 828. The maximum absolute atomic E-state index is 12.5. The second-order valence-electron chi connectivity index (χ2n) is 5.26. The number of esters is 1. The van der Waals surface area contributed by atoms with E-state index < -0.39 is 24.2 Å². The van der Waals surface area contributed by atoms with E-state index in [4.69, 9.17) is 4.74 Å². The number of halogens is 2. The van der Waals surface area contributed by atoms with Gasteiger partial charge in [-0.2, -0.15) is 8.78 Å². The molecule has 2 aromatic rings. The predicted octanol–water partition coefficient (Wildman–Crippen LogP) is 3.76. The van der Waals surface area contributed by atoms with Gasteiger partial charge in [0.05, 0.1) is 11.3 Å². The maximum Gasteiger partial charge on any atom is 0.338 e. The minimum atomic E-state index is -2.62. The fourth-order valence-electron chi connectivity index (χ4n) is 2.06. The fourth-order valence-corrected chi connectivity index (χ4v) is 2.66. The molecule has 0 atom stereocenters. The number of benzene rings is 2. The first-order chi connectivity index (χ1) is 12.8. The molecular weight excluding hydrogens is 378 g/mol. The first-order valence-electron chi connectivity index (χ1n) is 7.73. The van der Waals surface area contributed by atoms with Crippen LogP contribution in [0.2, 0.25) is 0 Å². The van der Waals surface area contributed by atoms with Crippen molar-refractivity contribution >= 4 is 40.9 Å². The molecule has 2 aromatic carbocycles. The number of para-hydroxylation sites is 1. The topological polar surface area (TPSA) is 84.5 Å². The van der Waals surface area contributed by atoms with Gasteiger partial charge in [-0.05, 0) is 36.4 Å². The summed E-state index contributed by atoms with van der Waals surface area (Å²) in [7, 11) is 0. The van der Waals surface area contributed by atoms with Crippen molar-refractivity contribution in [3.05, 3.63) is 54.1 Å². The lowest BCUT2D eigenvalue weighted by Crippen LogP contribution is -2.21. The number of carbonyl (C=O) groups excluding carboxylic acids is 3. The van der Waals surface area contributed by atoms with E-state index in [2.05, 4.69) is 10.6 Å². The van der Waals surface area contributed by atoms with Gasteiger partial charge in [-0.1, -0.05) is 23.9 Å². The molecule has 0 spiro atoms. The van der Waals surface area contributed by atoms with Gasteiger partial charge in [0.2, 0.25) is 5.91 Å². The van der Waals surface area contributed by atoms with Gasteiger partial charge in [-0.25, -0.2) is 4.79 Å². The normalized spacial score (nSPS) is 10.4. The average molecular weight is 394 g/mol. The molecule has 2 N–H and O–H groups in total. The molecule has 27 heavy (non-hydrogen) atoms. The molecule has 0 aromatic heterocycles. The summed E-state index contributed by atoms with van der Waals surface area (Å²) in [5.74, 6) is -4.25. The number of ether oxygens (including phenoxy) is 1. The summed E-state index contributed by atoms with van der Waals surface area (Å²) in [4.78, 5) is 35.0. The zero-order valence-corrected chi connectivity index (χ0v) is 15.0. The highest BCUT2D eigenvalue weighted by Crippen LogP contribution is 2.31. The van der Waals surface area contributed by atoms with Crippen molar-refractivity contribution in [1.29, 1.82) is 0 Å². The molecule has 0 heterocycles. The Hall–Kier alpha value is -2.94. The zero-order valence-electron chi connectivity index (χ0n) is 14.2. The van der Waals surface area contributed by atoms with Crippen LogP contribution in [0.15, 0.2) is 53.4 Å². The van der Waals surface area contributed by atoms with E-state index in [-0.39, 0.29) is 22.1 Å². The lowest BCUT2D eigenvalue weighted by molar-refractivity contribution is -0.119. The Kier molecular flexibility index (Phi) is 7.30. The number of rotatable bonds is 7. The number of hydrogen-bond acceptors (Lipinski definition) is 5. The lowest BCUT2D eigenvalue weighted by Gasteiger charge is -2.10. The molecule has 2 rings (SSSR count). The molecule has 0 bridgehead atoms. The van der Waals surface area contributed by atoms with Crippen LogP contribution in [0.1, 0.15) is 17.3 Å². The summed E-state index contributed by atoms with van der Waals surface area (Å²) in [6.07, 6.45) is 0. The monoisotopic (exact) mass is 394 g/mol. The molecule has 0 saturated heterocycles. The van der Waals surface area contributed by atoms with Crippen LogP contribution in [0.5, 0.6) is 0 Å². The number of amides is 2. The third kappa shape index (κ3) is 6.70. The number of hydrogen-bond donors (Lipinski definition) is 2. The molecule has 2 amide bonds. The van der Waals surface area contributed by atoms with E-state index in [1.165, 1.54) is 43.3 Å². The van der Waals surface area contributed by atoms with Gasteiger partial charge < -0.3 is 15.4 Å². The molecule has 0 unspecified atom stereocenters. The van der Waals surface area contributed by atoms with Gasteiger partial charge >= 0.3 is 5.97 Å². The summed E-state index contributed by atoms with van der Waals surface area (Å²) >= 11 is 0.308. The Morgan fingerprint density at radius 3 is 2.33 bits per heavy atom. The average Bonchev–Trinajstić information content (AvgIpc) is 2.61. The summed E-state index contributed by atoms with van der Waals surface area (Å²) in [6, 6.07) is 12.0. The van der Waals surface area contributed by atoms with Gasteiger partial charge in [0, 0.05) is 17.5 Å². The third-order valence-electron chi connectivity index (χ3n) is 3.15. The fraction of sp³-hybridized carbons (Fsp3) is 0.167. The standard InChI is InChI=1S/C18H16F2N2O4S/c1-11(23)21-13-8-6-12(7-9-13)17(25)26-10-16(24)22-14-4-2-3-5-15(14)27-18(19)20/h2-9,18H,10H2,1H3,(H,21,23)(H,22,24). The van der Waals surface area contributed by atoms with E-state index in [1.807, 2.05) is 0 Å². The minimum Gasteiger partial charge on any atom is -0.452 e. The van der Waals surface area contributed by atoms with Gasteiger partial charge in [-0.15, -0.1) is 0 Å². The van der Waals surface area contributed by atoms with E-state index in [1.54, 1.807) is 12.1 Å². The SMILES string of the molecule is CC(=O)Nc1ccc(C(=O)OCC(=O)Nc2ccccc2SC(F)F)cc1. The molecule has 0 radical (unpaired) electrons. The van der Waals surface area contributed by atoms with E-state index in [9.17, 15) is 23.2 Å². The summed E-state index contributed by atoms with van der Waals surface area (Å²) < 4.78 is 30.0. The molecule has 0 aliphatic rings. The quantitative estimate of drug-likeness (QED) is 0.552. The van der Waals surface area contributed by atoms with Crippen molar-refractivity contribution in [3.63, 3.8) is 0 Å². The highest BCUT2D eigenvalue weighted by Gasteiger charge is 2.14. The zero-order chi connectivity index (χ0) is 19.8. The first-order valence-corrected chi connectivity index (χ1v) is 8.61. The number of alkyl halides is 2. The van der Waals surface area contributed by atoms with Crippen molar-refractivity contribution in [2.75, 3.05) is 17.2 Å². The molecule has 0 fully saturated rings. The highest BCUT2D eigenvalue weighted by molar-refractivity contribution is 7.99. The van der Waals surface area contributed by atoms with Crippen LogP contribution in [0.25, 0.3) is 0 Å². The summed E-state index contributed by atoms with van der Waals surface area (Å²) in [5.41, 5.74) is 0.930. The van der Waals surface area contributed by atoms with Crippen LogP contribution in [0.3, 0.4) is 0 Å². The molecule has 6 nitrogen and oxygen atoms in total. The second-order valence-corrected chi connectivity index (χ2v) is 6.29. The smallest absolute Gasteiger partial charge is 0.338 e. The number of carbonyl (C=O) groups is 3. The number of anilines is 2. The maximum atomic E-state index is 12.5. The number of nitrogens with one attached hydrogen (secondary N) is 2. The Balaban J connectivity index is 1.90. The number of thioether (sulfide) groups is 1. The van der Waals surface area contributed by atoms with Crippen LogP contribution in [0, 0.1) is 0 Å². The molecule has 0 saturated carbocycles.